The van der Waals surface area contributed by atoms with Crippen LogP contribution in [-0.2, 0) is 17.6 Å². The number of carboxylic acid groups (broad SMARTS) is 1. The Kier molecular flexibility index (Phi) is 7.06. The number of benzene rings is 1. The highest BCUT2D eigenvalue weighted by Crippen LogP contribution is 2.50. The summed E-state index contributed by atoms with van der Waals surface area (Å²) in [5, 5.41) is 19.1. The molecule has 156 valence electrons. The summed E-state index contributed by atoms with van der Waals surface area (Å²) in [6, 6.07) is 5.85. The van der Waals surface area contributed by atoms with Gasteiger partial charge in [-0.1, -0.05) is 45.1 Å². The molecule has 0 aromatic heterocycles. The van der Waals surface area contributed by atoms with Crippen molar-refractivity contribution in [1.29, 1.82) is 0 Å². The molecule has 2 saturated carbocycles. The van der Waals surface area contributed by atoms with Crippen molar-refractivity contribution >= 4 is 5.97 Å². The maximum atomic E-state index is 11.2. The normalized spacial score (nSPS) is 18.8. The molecule has 2 fully saturated rings. The van der Waals surface area contributed by atoms with Crippen molar-refractivity contribution in [2.45, 2.75) is 103 Å². The number of aliphatic carboxylic acids is 1. The van der Waals surface area contributed by atoms with E-state index in [1.54, 1.807) is 0 Å². The van der Waals surface area contributed by atoms with Crippen LogP contribution in [0.4, 0.5) is 0 Å². The van der Waals surface area contributed by atoms with Gasteiger partial charge < -0.3 is 10.2 Å². The Labute approximate surface area is 170 Å². The zero-order chi connectivity index (χ0) is 20.0. The minimum atomic E-state index is -0.603. The standard InChI is InChI=1S/C25H38O3/c1-24(15-16-24)13-7-3-2-5-9-20-11-12-22(26)19-21(20)10-6-4-8-14-25(17-18-25)23(27)28/h11-12,19,26H,2-10,13-18H2,1H3,(H,27,28). The molecule has 2 aliphatic rings. The van der Waals surface area contributed by atoms with Crippen molar-refractivity contribution < 1.29 is 15.0 Å². The van der Waals surface area contributed by atoms with Crippen molar-refractivity contribution in [3.05, 3.63) is 29.3 Å². The summed E-state index contributed by atoms with van der Waals surface area (Å²) in [5.74, 6) is -0.242. The molecule has 0 aliphatic heterocycles. The van der Waals surface area contributed by atoms with E-state index in [1.165, 1.54) is 56.1 Å². The van der Waals surface area contributed by atoms with Gasteiger partial charge in [-0.15, -0.1) is 0 Å². The summed E-state index contributed by atoms with van der Waals surface area (Å²) < 4.78 is 0. The molecule has 2 aliphatic carbocycles. The summed E-state index contributed by atoms with van der Waals surface area (Å²) in [7, 11) is 0. The van der Waals surface area contributed by atoms with Crippen LogP contribution in [0.25, 0.3) is 0 Å². The van der Waals surface area contributed by atoms with E-state index in [0.29, 0.717) is 11.2 Å². The number of phenolic OH excluding ortho intramolecular Hbond substituents is 1. The lowest BCUT2D eigenvalue weighted by Gasteiger charge is -2.12. The van der Waals surface area contributed by atoms with Gasteiger partial charge in [-0.05, 0) is 92.9 Å². The first kappa shape index (κ1) is 21.2. The lowest BCUT2D eigenvalue weighted by atomic mass is 9.94. The van der Waals surface area contributed by atoms with Crippen molar-refractivity contribution in [2.24, 2.45) is 10.8 Å². The van der Waals surface area contributed by atoms with Gasteiger partial charge in [0.15, 0.2) is 0 Å². The number of aromatic hydroxyl groups is 1. The van der Waals surface area contributed by atoms with Crippen LogP contribution >= 0.6 is 0 Å². The quantitative estimate of drug-likeness (QED) is 0.352. The largest absolute Gasteiger partial charge is 0.508 e. The zero-order valence-corrected chi connectivity index (χ0v) is 17.6. The summed E-state index contributed by atoms with van der Waals surface area (Å²) in [5.41, 5.74) is 2.97. The second kappa shape index (κ2) is 9.33. The van der Waals surface area contributed by atoms with Gasteiger partial charge in [-0.3, -0.25) is 4.79 Å². The third-order valence-electron chi connectivity index (χ3n) is 7.18. The first-order chi connectivity index (χ1) is 13.4. The van der Waals surface area contributed by atoms with Crippen LogP contribution in [0, 0.1) is 10.8 Å². The van der Waals surface area contributed by atoms with Gasteiger partial charge in [0, 0.05) is 0 Å². The summed E-state index contributed by atoms with van der Waals surface area (Å²) in [4.78, 5) is 11.2. The lowest BCUT2D eigenvalue weighted by molar-refractivity contribution is -0.143. The van der Waals surface area contributed by atoms with Gasteiger partial charge in [0.2, 0.25) is 0 Å². The number of hydrogen-bond donors (Lipinski definition) is 2. The van der Waals surface area contributed by atoms with Gasteiger partial charge in [-0.2, -0.15) is 0 Å². The van der Waals surface area contributed by atoms with E-state index in [2.05, 4.69) is 13.0 Å². The highest BCUT2D eigenvalue weighted by Gasteiger charge is 2.49. The van der Waals surface area contributed by atoms with Crippen LogP contribution in [0.1, 0.15) is 102 Å². The minimum absolute atomic E-state index is 0.360. The average Bonchev–Trinajstić information content (AvgIpc) is 3.57. The predicted molar refractivity (Wildman–Crippen MR) is 114 cm³/mol. The molecule has 3 heteroatoms. The topological polar surface area (TPSA) is 57.5 Å². The molecule has 0 bridgehead atoms. The Hall–Kier alpha value is -1.51. The Morgan fingerprint density at radius 2 is 1.46 bits per heavy atom. The Bertz CT molecular complexity index is 656. The van der Waals surface area contributed by atoms with Crippen LogP contribution < -0.4 is 0 Å². The molecule has 2 N–H and O–H groups in total. The number of hydrogen-bond acceptors (Lipinski definition) is 2. The SMILES string of the molecule is CC1(CCCCCCc2ccc(O)cc2CCCCCC2(C(=O)O)CC2)CC1. The third-order valence-corrected chi connectivity index (χ3v) is 7.18. The number of carboxylic acids is 1. The van der Waals surface area contributed by atoms with Crippen LogP contribution in [0.5, 0.6) is 5.75 Å². The molecule has 3 nitrogen and oxygen atoms in total. The first-order valence-corrected chi connectivity index (χ1v) is 11.5. The molecule has 0 heterocycles. The second-order valence-corrected chi connectivity index (χ2v) is 9.82. The molecule has 0 radical (unpaired) electrons. The number of unbranched alkanes of at least 4 members (excludes halogenated alkanes) is 5. The Balaban J connectivity index is 1.34. The molecule has 0 unspecified atom stereocenters. The van der Waals surface area contributed by atoms with Gasteiger partial charge >= 0.3 is 5.97 Å². The van der Waals surface area contributed by atoms with Gasteiger partial charge in [0.1, 0.15) is 5.75 Å². The van der Waals surface area contributed by atoms with Crippen molar-refractivity contribution in [3.63, 3.8) is 0 Å². The van der Waals surface area contributed by atoms with E-state index < -0.39 is 5.97 Å². The number of aryl methyl sites for hydroxylation is 2. The monoisotopic (exact) mass is 386 g/mol. The third kappa shape index (κ3) is 6.25. The second-order valence-electron chi connectivity index (χ2n) is 9.82. The van der Waals surface area contributed by atoms with Crippen molar-refractivity contribution in [1.82, 2.24) is 0 Å². The van der Waals surface area contributed by atoms with Gasteiger partial charge in [0.05, 0.1) is 5.41 Å². The molecule has 1 aromatic rings. The van der Waals surface area contributed by atoms with Crippen LogP contribution in [0.3, 0.4) is 0 Å². The average molecular weight is 387 g/mol. The van der Waals surface area contributed by atoms with Crippen LogP contribution in [0.2, 0.25) is 0 Å². The molecule has 0 amide bonds. The molecule has 1 aromatic carbocycles. The van der Waals surface area contributed by atoms with E-state index >= 15 is 0 Å². The number of rotatable bonds is 14. The minimum Gasteiger partial charge on any atom is -0.508 e. The fourth-order valence-corrected chi connectivity index (χ4v) is 4.45. The molecule has 3 rings (SSSR count). The molecule has 0 atom stereocenters. The van der Waals surface area contributed by atoms with E-state index in [4.69, 9.17) is 0 Å². The lowest BCUT2D eigenvalue weighted by Crippen LogP contribution is -2.14. The number of phenols is 1. The fraction of sp³-hybridized carbons (Fsp3) is 0.720. The van der Waals surface area contributed by atoms with Crippen molar-refractivity contribution in [2.75, 3.05) is 0 Å². The summed E-state index contributed by atoms with van der Waals surface area (Å²) >= 11 is 0. The van der Waals surface area contributed by atoms with Crippen LogP contribution in [-0.4, -0.2) is 16.2 Å². The van der Waals surface area contributed by atoms with E-state index in [0.717, 1.165) is 51.4 Å². The van der Waals surface area contributed by atoms with Gasteiger partial charge in [0.25, 0.3) is 0 Å². The Morgan fingerprint density at radius 3 is 2.11 bits per heavy atom. The molecular formula is C25H38O3. The summed E-state index contributed by atoms with van der Waals surface area (Å²) in [6.07, 6.45) is 17.3. The first-order valence-electron chi connectivity index (χ1n) is 11.5. The zero-order valence-electron chi connectivity index (χ0n) is 17.6. The van der Waals surface area contributed by atoms with E-state index in [-0.39, 0.29) is 5.41 Å². The molecular weight excluding hydrogens is 348 g/mol. The maximum Gasteiger partial charge on any atom is 0.309 e. The molecule has 28 heavy (non-hydrogen) atoms. The fourth-order valence-electron chi connectivity index (χ4n) is 4.45. The summed E-state index contributed by atoms with van der Waals surface area (Å²) in [6.45, 7) is 2.42. The van der Waals surface area contributed by atoms with Gasteiger partial charge in [-0.25, -0.2) is 0 Å². The highest BCUT2D eigenvalue weighted by atomic mass is 16.4. The highest BCUT2D eigenvalue weighted by molar-refractivity contribution is 5.77. The number of carbonyl (C=O) groups is 1. The smallest absolute Gasteiger partial charge is 0.309 e. The molecule has 0 spiro atoms. The van der Waals surface area contributed by atoms with E-state index in [9.17, 15) is 15.0 Å². The Morgan fingerprint density at radius 1 is 0.857 bits per heavy atom. The predicted octanol–water partition coefficient (Wildman–Crippen LogP) is 6.65. The van der Waals surface area contributed by atoms with E-state index in [1.807, 2.05) is 12.1 Å². The maximum absolute atomic E-state index is 11.2. The molecule has 0 saturated heterocycles. The van der Waals surface area contributed by atoms with Crippen molar-refractivity contribution in [3.8, 4) is 5.75 Å². The van der Waals surface area contributed by atoms with Crippen LogP contribution in [0.15, 0.2) is 18.2 Å².